The summed E-state index contributed by atoms with van der Waals surface area (Å²) in [6.07, 6.45) is 0. The normalized spacial score (nSPS) is 10.3. The fraction of sp³-hybridized carbons (Fsp3) is 0.222. The zero-order valence-corrected chi connectivity index (χ0v) is 9.36. The number of carbonyl (C=O) groups is 1. The number of amides is 1. The molecule has 0 saturated heterocycles. The number of benzene rings is 1. The zero-order valence-electron chi connectivity index (χ0n) is 7.84. The molecule has 1 aromatic carbocycles. The Hall–Kier alpha value is -1.07. The molecule has 0 unspecified atom stereocenters. The number of anilines is 1. The number of hydrogen-bond donors (Lipinski definition) is 1. The van der Waals surface area contributed by atoms with Crippen molar-refractivity contribution in [2.75, 3.05) is 11.2 Å². The summed E-state index contributed by atoms with van der Waals surface area (Å²) in [7, 11) is 0. The fourth-order valence-corrected chi connectivity index (χ4v) is 1.19. The summed E-state index contributed by atoms with van der Waals surface area (Å²) in [6, 6.07) is 3.98. The Morgan fingerprint density at radius 1 is 1.50 bits per heavy atom. The highest BCUT2D eigenvalue weighted by Gasteiger charge is 2.10. The average molecular weight is 270 g/mol. The van der Waals surface area contributed by atoms with Gasteiger partial charge in [-0.1, -0.05) is 11.6 Å². The number of rotatable bonds is 4. The van der Waals surface area contributed by atoms with E-state index in [2.05, 4.69) is 10.1 Å². The molecule has 1 rings (SSSR count). The maximum atomic E-state index is 12.0. The van der Waals surface area contributed by atoms with Gasteiger partial charge in [0, 0.05) is 11.8 Å². The van der Waals surface area contributed by atoms with Crippen molar-refractivity contribution in [1.29, 1.82) is 0 Å². The SMILES string of the molecule is O=C(CCl)Nc1ccc(Cl)c(OC(F)F)c1. The van der Waals surface area contributed by atoms with Gasteiger partial charge in [-0.15, -0.1) is 11.6 Å². The summed E-state index contributed by atoms with van der Waals surface area (Å²) in [5.74, 6) is -0.885. The average Bonchev–Trinajstić information content (AvgIpc) is 2.22. The molecule has 88 valence electrons. The van der Waals surface area contributed by atoms with E-state index in [1.54, 1.807) is 0 Å². The third-order valence-corrected chi connectivity index (χ3v) is 2.11. The van der Waals surface area contributed by atoms with E-state index >= 15 is 0 Å². The Kier molecular flexibility index (Phi) is 4.76. The Morgan fingerprint density at radius 3 is 2.75 bits per heavy atom. The highest BCUT2D eigenvalue weighted by atomic mass is 35.5. The Balaban J connectivity index is 2.84. The molecular weight excluding hydrogens is 263 g/mol. The Labute approximate surface area is 100 Å². The molecule has 0 saturated carbocycles. The predicted molar refractivity (Wildman–Crippen MR) is 57.4 cm³/mol. The number of carbonyl (C=O) groups excluding carboxylic acids is 1. The Morgan fingerprint density at radius 2 is 2.19 bits per heavy atom. The van der Waals surface area contributed by atoms with Crippen LogP contribution in [0.5, 0.6) is 5.75 Å². The summed E-state index contributed by atoms with van der Waals surface area (Å²) in [4.78, 5) is 10.9. The molecule has 7 heteroatoms. The molecular formula is C9H7Cl2F2NO2. The summed E-state index contributed by atoms with van der Waals surface area (Å²) < 4.78 is 28.1. The van der Waals surface area contributed by atoms with Crippen LogP contribution in [0, 0.1) is 0 Å². The monoisotopic (exact) mass is 269 g/mol. The third-order valence-electron chi connectivity index (χ3n) is 1.55. The first-order chi connectivity index (χ1) is 7.52. The minimum atomic E-state index is -2.98. The van der Waals surface area contributed by atoms with Crippen LogP contribution in [0.3, 0.4) is 0 Å². The second-order valence-corrected chi connectivity index (χ2v) is 3.38. The van der Waals surface area contributed by atoms with Gasteiger partial charge >= 0.3 is 6.61 Å². The summed E-state index contributed by atoms with van der Waals surface area (Å²) in [5, 5.41) is 2.41. The van der Waals surface area contributed by atoms with Crippen molar-refractivity contribution in [3.8, 4) is 5.75 Å². The van der Waals surface area contributed by atoms with Gasteiger partial charge in [-0.05, 0) is 12.1 Å². The molecule has 0 fully saturated rings. The van der Waals surface area contributed by atoms with Crippen LogP contribution in [-0.2, 0) is 4.79 Å². The van der Waals surface area contributed by atoms with Gasteiger partial charge < -0.3 is 10.1 Å². The highest BCUT2D eigenvalue weighted by molar-refractivity contribution is 6.32. The van der Waals surface area contributed by atoms with E-state index in [0.29, 0.717) is 0 Å². The third kappa shape index (κ3) is 3.83. The van der Waals surface area contributed by atoms with Crippen molar-refractivity contribution in [2.45, 2.75) is 6.61 Å². The second-order valence-electron chi connectivity index (χ2n) is 2.71. The maximum absolute atomic E-state index is 12.0. The molecule has 0 aromatic heterocycles. The van der Waals surface area contributed by atoms with Crippen molar-refractivity contribution < 1.29 is 18.3 Å². The summed E-state index contributed by atoms with van der Waals surface area (Å²) >= 11 is 10.9. The van der Waals surface area contributed by atoms with Gasteiger partial charge in [0.05, 0.1) is 5.02 Å². The van der Waals surface area contributed by atoms with E-state index in [-0.39, 0.29) is 22.3 Å². The standard InChI is InChI=1S/C9H7Cl2F2NO2/c10-4-8(15)14-5-1-2-6(11)7(3-5)16-9(12)13/h1-3,9H,4H2,(H,14,15). The number of nitrogens with one attached hydrogen (secondary N) is 1. The number of halogens is 4. The van der Waals surface area contributed by atoms with E-state index in [1.165, 1.54) is 18.2 Å². The maximum Gasteiger partial charge on any atom is 0.387 e. The number of ether oxygens (including phenoxy) is 1. The zero-order chi connectivity index (χ0) is 12.1. The van der Waals surface area contributed by atoms with E-state index in [1.807, 2.05) is 0 Å². The van der Waals surface area contributed by atoms with Crippen molar-refractivity contribution in [3.63, 3.8) is 0 Å². The van der Waals surface area contributed by atoms with Crippen LogP contribution in [0.1, 0.15) is 0 Å². The molecule has 0 aliphatic carbocycles. The molecule has 0 aliphatic heterocycles. The van der Waals surface area contributed by atoms with Gasteiger partial charge in [0.2, 0.25) is 5.91 Å². The van der Waals surface area contributed by atoms with Gasteiger partial charge in [-0.2, -0.15) is 8.78 Å². The van der Waals surface area contributed by atoms with Gasteiger partial charge in [0.15, 0.2) is 0 Å². The second kappa shape index (κ2) is 5.86. The minimum Gasteiger partial charge on any atom is -0.433 e. The van der Waals surface area contributed by atoms with E-state index in [9.17, 15) is 13.6 Å². The first kappa shape index (κ1) is 13.0. The molecule has 1 amide bonds. The lowest BCUT2D eigenvalue weighted by atomic mass is 10.3. The topological polar surface area (TPSA) is 38.3 Å². The first-order valence-corrected chi connectivity index (χ1v) is 5.04. The molecule has 0 radical (unpaired) electrons. The number of hydrogen-bond acceptors (Lipinski definition) is 2. The molecule has 1 aromatic rings. The lowest BCUT2D eigenvalue weighted by Gasteiger charge is -2.09. The van der Waals surface area contributed by atoms with Crippen molar-refractivity contribution in [2.24, 2.45) is 0 Å². The lowest BCUT2D eigenvalue weighted by Crippen LogP contribution is -2.12. The van der Waals surface area contributed by atoms with Crippen LogP contribution in [0.2, 0.25) is 5.02 Å². The Bertz CT molecular complexity index is 388. The van der Waals surface area contributed by atoms with Crippen LogP contribution in [0.25, 0.3) is 0 Å². The number of alkyl halides is 3. The lowest BCUT2D eigenvalue weighted by molar-refractivity contribution is -0.113. The smallest absolute Gasteiger partial charge is 0.387 e. The highest BCUT2D eigenvalue weighted by Crippen LogP contribution is 2.29. The predicted octanol–water partition coefficient (Wildman–Crippen LogP) is 3.12. The van der Waals surface area contributed by atoms with Gasteiger partial charge in [0.1, 0.15) is 11.6 Å². The van der Waals surface area contributed by atoms with Crippen LogP contribution in [0.4, 0.5) is 14.5 Å². The van der Waals surface area contributed by atoms with Crippen LogP contribution in [0.15, 0.2) is 18.2 Å². The molecule has 0 bridgehead atoms. The molecule has 0 spiro atoms. The summed E-state index contributed by atoms with van der Waals surface area (Å²) in [5.41, 5.74) is 0.283. The minimum absolute atomic E-state index is 0.0316. The molecule has 0 atom stereocenters. The molecule has 0 heterocycles. The van der Waals surface area contributed by atoms with Gasteiger partial charge in [0.25, 0.3) is 0 Å². The molecule has 3 nitrogen and oxygen atoms in total. The molecule has 1 N–H and O–H groups in total. The molecule has 16 heavy (non-hydrogen) atoms. The van der Waals surface area contributed by atoms with Crippen molar-refractivity contribution in [3.05, 3.63) is 23.2 Å². The molecule has 0 aliphatic rings. The largest absolute Gasteiger partial charge is 0.433 e. The van der Waals surface area contributed by atoms with Gasteiger partial charge in [-0.3, -0.25) is 4.79 Å². The van der Waals surface area contributed by atoms with Crippen LogP contribution in [-0.4, -0.2) is 18.4 Å². The van der Waals surface area contributed by atoms with Crippen molar-refractivity contribution in [1.82, 2.24) is 0 Å². The van der Waals surface area contributed by atoms with Crippen LogP contribution < -0.4 is 10.1 Å². The van der Waals surface area contributed by atoms with Crippen LogP contribution >= 0.6 is 23.2 Å². The van der Waals surface area contributed by atoms with Gasteiger partial charge in [-0.25, -0.2) is 0 Å². The van der Waals surface area contributed by atoms with E-state index < -0.39 is 12.5 Å². The fourth-order valence-electron chi connectivity index (χ4n) is 0.962. The van der Waals surface area contributed by atoms with E-state index in [4.69, 9.17) is 23.2 Å². The van der Waals surface area contributed by atoms with E-state index in [0.717, 1.165) is 0 Å². The first-order valence-electron chi connectivity index (χ1n) is 4.13. The van der Waals surface area contributed by atoms with Crippen molar-refractivity contribution >= 4 is 34.8 Å². The quantitative estimate of drug-likeness (QED) is 0.853. The summed E-state index contributed by atoms with van der Waals surface area (Å²) in [6.45, 7) is -2.98.